The summed E-state index contributed by atoms with van der Waals surface area (Å²) in [5.41, 5.74) is 5.85. The Hall–Kier alpha value is -0.700. The zero-order valence-electron chi connectivity index (χ0n) is 11.8. The number of nitrogens with zero attached hydrogens (tertiary/aromatic N) is 2. The number of esters is 1. The summed E-state index contributed by atoms with van der Waals surface area (Å²) < 4.78 is 32.9. The summed E-state index contributed by atoms with van der Waals surface area (Å²) in [5, 5.41) is 0. The Kier molecular flexibility index (Phi) is 5.00. The summed E-state index contributed by atoms with van der Waals surface area (Å²) in [6.07, 6.45) is 2.81. The van der Waals surface area contributed by atoms with Gasteiger partial charge in [0.15, 0.2) is 0 Å². The molecule has 2 unspecified atom stereocenters. The lowest BCUT2D eigenvalue weighted by molar-refractivity contribution is -0.146. The van der Waals surface area contributed by atoms with Crippen molar-refractivity contribution in [2.75, 3.05) is 26.2 Å². The molecule has 0 bridgehead atoms. The average Bonchev–Trinajstić information content (AvgIpc) is 2.89. The van der Waals surface area contributed by atoms with Crippen LogP contribution in [0.4, 0.5) is 0 Å². The molecule has 0 spiro atoms. The van der Waals surface area contributed by atoms with Crippen molar-refractivity contribution < 1.29 is 17.9 Å². The highest BCUT2D eigenvalue weighted by Gasteiger charge is 2.43. The van der Waals surface area contributed by atoms with E-state index in [1.807, 2.05) is 0 Å². The maximum Gasteiger partial charge on any atom is 0.324 e. The van der Waals surface area contributed by atoms with Crippen molar-refractivity contribution in [1.82, 2.24) is 8.61 Å². The SMILES string of the molecule is CCOC(=O)C1CCCN1S(=O)(=O)N1CCCC(N)C1. The Morgan fingerprint density at radius 3 is 2.65 bits per heavy atom. The summed E-state index contributed by atoms with van der Waals surface area (Å²) in [5.74, 6) is -0.449. The highest BCUT2D eigenvalue weighted by Crippen LogP contribution is 2.26. The van der Waals surface area contributed by atoms with Gasteiger partial charge in [-0.2, -0.15) is 17.0 Å². The fourth-order valence-corrected chi connectivity index (χ4v) is 4.73. The lowest BCUT2D eigenvalue weighted by Crippen LogP contribution is -2.53. The van der Waals surface area contributed by atoms with Gasteiger partial charge in [-0.15, -0.1) is 0 Å². The molecule has 2 N–H and O–H groups in total. The van der Waals surface area contributed by atoms with Gasteiger partial charge >= 0.3 is 5.97 Å². The molecule has 2 aliphatic heterocycles. The molecule has 0 radical (unpaired) electrons. The first-order valence-corrected chi connectivity index (χ1v) is 8.55. The van der Waals surface area contributed by atoms with Crippen LogP contribution in [0.5, 0.6) is 0 Å². The maximum absolute atomic E-state index is 12.6. The van der Waals surface area contributed by atoms with E-state index >= 15 is 0 Å². The molecule has 0 aromatic rings. The third-order valence-electron chi connectivity index (χ3n) is 3.81. The third-order valence-corrected chi connectivity index (χ3v) is 5.82. The van der Waals surface area contributed by atoms with E-state index in [0.717, 1.165) is 12.8 Å². The van der Waals surface area contributed by atoms with Crippen molar-refractivity contribution >= 4 is 16.2 Å². The number of carbonyl (C=O) groups excluding carboxylic acids is 1. The molecule has 0 aromatic carbocycles. The number of hydrogen-bond donors (Lipinski definition) is 1. The molecule has 0 aromatic heterocycles. The predicted molar refractivity (Wildman–Crippen MR) is 74.1 cm³/mol. The van der Waals surface area contributed by atoms with E-state index in [4.69, 9.17) is 10.5 Å². The molecule has 2 aliphatic rings. The number of nitrogens with two attached hydrogens (primary N) is 1. The van der Waals surface area contributed by atoms with Gasteiger partial charge in [0.1, 0.15) is 6.04 Å². The van der Waals surface area contributed by atoms with Crippen molar-refractivity contribution in [3.63, 3.8) is 0 Å². The monoisotopic (exact) mass is 305 g/mol. The van der Waals surface area contributed by atoms with Crippen LogP contribution in [-0.4, -0.2) is 61.3 Å². The minimum Gasteiger partial charge on any atom is -0.465 e. The molecule has 0 saturated carbocycles. The first-order chi connectivity index (χ1) is 9.46. The minimum absolute atomic E-state index is 0.123. The zero-order chi connectivity index (χ0) is 14.8. The highest BCUT2D eigenvalue weighted by molar-refractivity contribution is 7.86. The summed E-state index contributed by atoms with van der Waals surface area (Å²) in [7, 11) is -3.62. The van der Waals surface area contributed by atoms with Crippen molar-refractivity contribution in [1.29, 1.82) is 0 Å². The Morgan fingerprint density at radius 2 is 2.00 bits per heavy atom. The highest BCUT2D eigenvalue weighted by atomic mass is 32.2. The summed E-state index contributed by atoms with van der Waals surface area (Å²) >= 11 is 0. The quantitative estimate of drug-likeness (QED) is 0.719. The van der Waals surface area contributed by atoms with Crippen LogP contribution in [0.3, 0.4) is 0 Å². The molecule has 2 rings (SSSR count). The molecular formula is C12H23N3O4S. The smallest absolute Gasteiger partial charge is 0.324 e. The topological polar surface area (TPSA) is 92.9 Å². The predicted octanol–water partition coefficient (Wildman–Crippen LogP) is -0.318. The molecule has 2 atom stereocenters. The summed E-state index contributed by atoms with van der Waals surface area (Å²) in [6, 6.07) is -0.805. The van der Waals surface area contributed by atoms with Gasteiger partial charge in [-0.1, -0.05) is 0 Å². The average molecular weight is 305 g/mol. The van der Waals surface area contributed by atoms with Crippen molar-refractivity contribution in [2.45, 2.75) is 44.7 Å². The molecule has 2 fully saturated rings. The molecule has 2 heterocycles. The number of carbonyl (C=O) groups is 1. The van der Waals surface area contributed by atoms with Crippen LogP contribution in [0.25, 0.3) is 0 Å². The maximum atomic E-state index is 12.6. The van der Waals surface area contributed by atoms with E-state index in [0.29, 0.717) is 32.5 Å². The van der Waals surface area contributed by atoms with E-state index in [2.05, 4.69) is 0 Å². The number of ether oxygens (including phenoxy) is 1. The standard InChI is InChI=1S/C12H23N3O4S/c1-2-19-12(16)11-6-4-8-15(11)20(17,18)14-7-3-5-10(13)9-14/h10-11H,2-9,13H2,1H3. The van der Waals surface area contributed by atoms with Gasteiger partial charge in [-0.25, -0.2) is 0 Å². The van der Waals surface area contributed by atoms with Gasteiger partial charge in [-0.05, 0) is 32.6 Å². The van der Waals surface area contributed by atoms with Gasteiger partial charge in [0.2, 0.25) is 0 Å². The summed E-state index contributed by atoms with van der Waals surface area (Å²) in [6.45, 7) is 3.15. The first-order valence-electron chi connectivity index (χ1n) is 7.16. The molecule has 20 heavy (non-hydrogen) atoms. The van der Waals surface area contributed by atoms with Crippen LogP contribution in [0.1, 0.15) is 32.6 Å². The van der Waals surface area contributed by atoms with E-state index < -0.39 is 22.2 Å². The first kappa shape index (κ1) is 15.7. The second kappa shape index (κ2) is 6.38. The molecule has 116 valence electrons. The van der Waals surface area contributed by atoms with Crippen LogP contribution >= 0.6 is 0 Å². The van der Waals surface area contributed by atoms with Gasteiger partial charge in [-0.3, -0.25) is 4.79 Å². The van der Waals surface area contributed by atoms with Crippen LogP contribution in [0, 0.1) is 0 Å². The van der Waals surface area contributed by atoms with Crippen molar-refractivity contribution in [2.24, 2.45) is 5.73 Å². The van der Waals surface area contributed by atoms with Gasteiger partial charge in [0.25, 0.3) is 10.2 Å². The van der Waals surface area contributed by atoms with Gasteiger partial charge in [0.05, 0.1) is 6.61 Å². The molecule has 7 nitrogen and oxygen atoms in total. The minimum atomic E-state index is -3.62. The van der Waals surface area contributed by atoms with E-state index in [9.17, 15) is 13.2 Å². The van der Waals surface area contributed by atoms with Crippen molar-refractivity contribution in [3.8, 4) is 0 Å². The second-order valence-corrected chi connectivity index (χ2v) is 7.17. The van der Waals surface area contributed by atoms with E-state index in [1.165, 1.54) is 8.61 Å². The summed E-state index contributed by atoms with van der Waals surface area (Å²) in [4.78, 5) is 11.9. The van der Waals surface area contributed by atoms with Crippen LogP contribution in [0.2, 0.25) is 0 Å². The lowest BCUT2D eigenvalue weighted by Gasteiger charge is -2.34. The number of hydrogen-bond acceptors (Lipinski definition) is 5. The van der Waals surface area contributed by atoms with Gasteiger partial charge in [0, 0.05) is 25.7 Å². The number of rotatable bonds is 4. The van der Waals surface area contributed by atoms with Crippen LogP contribution < -0.4 is 5.73 Å². The molecule has 2 saturated heterocycles. The normalized spacial score (nSPS) is 29.5. The fourth-order valence-electron chi connectivity index (χ4n) is 2.82. The Balaban J connectivity index is 2.13. The molecular weight excluding hydrogens is 282 g/mol. The van der Waals surface area contributed by atoms with Crippen LogP contribution in [-0.2, 0) is 19.7 Å². The lowest BCUT2D eigenvalue weighted by atomic mass is 10.1. The number of piperidine rings is 1. The Bertz CT molecular complexity index is 454. The largest absolute Gasteiger partial charge is 0.465 e. The Morgan fingerprint density at radius 1 is 1.30 bits per heavy atom. The van der Waals surface area contributed by atoms with E-state index in [-0.39, 0.29) is 12.6 Å². The van der Waals surface area contributed by atoms with Gasteiger partial charge < -0.3 is 10.5 Å². The third kappa shape index (κ3) is 3.13. The fraction of sp³-hybridized carbons (Fsp3) is 0.917. The molecule has 8 heteroatoms. The molecule has 0 aliphatic carbocycles. The Labute approximate surface area is 120 Å². The zero-order valence-corrected chi connectivity index (χ0v) is 12.6. The van der Waals surface area contributed by atoms with E-state index in [1.54, 1.807) is 6.92 Å². The van der Waals surface area contributed by atoms with Crippen molar-refractivity contribution in [3.05, 3.63) is 0 Å². The molecule has 0 amide bonds. The second-order valence-electron chi connectivity index (χ2n) is 5.29. The van der Waals surface area contributed by atoms with Crippen LogP contribution in [0.15, 0.2) is 0 Å².